The van der Waals surface area contributed by atoms with Crippen molar-refractivity contribution < 1.29 is 19.1 Å². The second-order valence-corrected chi connectivity index (χ2v) is 7.47. The third-order valence-corrected chi connectivity index (χ3v) is 5.78. The van der Waals surface area contributed by atoms with Gasteiger partial charge in [-0.05, 0) is 38.0 Å². The lowest BCUT2D eigenvalue weighted by Crippen LogP contribution is -2.62. The number of benzene rings is 1. The molecule has 0 radical (unpaired) electrons. The van der Waals surface area contributed by atoms with Crippen LogP contribution in [0.1, 0.15) is 31.9 Å². The average Bonchev–Trinajstić information content (AvgIpc) is 3.25. The van der Waals surface area contributed by atoms with Crippen molar-refractivity contribution in [3.05, 3.63) is 36.4 Å². The molecule has 4 rings (SSSR count). The van der Waals surface area contributed by atoms with Crippen LogP contribution in [-0.2, 0) is 9.59 Å². The summed E-state index contributed by atoms with van der Waals surface area (Å²) in [6.07, 6.45) is 1.92. The maximum Gasteiger partial charge on any atom is 0.246 e. The van der Waals surface area contributed by atoms with Crippen molar-refractivity contribution >= 4 is 11.8 Å². The van der Waals surface area contributed by atoms with Crippen LogP contribution in [0.3, 0.4) is 0 Å². The predicted octanol–water partition coefficient (Wildman–Crippen LogP) is 2.00. The number of carbonyl (C=O) groups is 2. The number of amides is 2. The fourth-order valence-corrected chi connectivity index (χ4v) is 4.42. The molecule has 7 nitrogen and oxygen atoms in total. The Kier molecular flexibility index (Phi) is 3.88. The van der Waals surface area contributed by atoms with E-state index in [2.05, 4.69) is 12.6 Å². The summed E-state index contributed by atoms with van der Waals surface area (Å²) in [5.41, 5.74) is -0.107. The molecule has 1 aromatic carbocycles. The van der Waals surface area contributed by atoms with Crippen LogP contribution in [0.15, 0.2) is 30.9 Å². The minimum atomic E-state index is -0.881. The summed E-state index contributed by atoms with van der Waals surface area (Å²) in [7, 11) is 0. The first kappa shape index (κ1) is 17.4. The molecule has 0 aromatic heterocycles. The molecule has 2 fully saturated rings. The molecule has 27 heavy (non-hydrogen) atoms. The second kappa shape index (κ2) is 6.02. The lowest BCUT2D eigenvalue weighted by molar-refractivity contribution is -0.160. The molecular weight excluding hydrogens is 346 g/mol. The van der Waals surface area contributed by atoms with E-state index in [1.165, 1.54) is 4.90 Å². The molecular formula is C20H21N3O4. The van der Waals surface area contributed by atoms with Crippen molar-refractivity contribution in [2.24, 2.45) is 5.41 Å². The fraction of sp³-hybridized carbons (Fsp3) is 0.450. The van der Waals surface area contributed by atoms with Crippen molar-refractivity contribution in [2.75, 3.05) is 13.3 Å². The Labute approximate surface area is 157 Å². The van der Waals surface area contributed by atoms with Crippen molar-refractivity contribution in [3.63, 3.8) is 0 Å². The third kappa shape index (κ3) is 2.40. The molecule has 2 saturated heterocycles. The normalized spacial score (nSPS) is 31.7. The molecule has 2 amide bonds. The largest absolute Gasteiger partial charge is 0.454 e. The van der Waals surface area contributed by atoms with E-state index in [0.29, 0.717) is 24.5 Å². The first-order valence-corrected chi connectivity index (χ1v) is 8.95. The first-order valence-electron chi connectivity index (χ1n) is 8.95. The molecule has 0 saturated carbocycles. The van der Waals surface area contributed by atoms with Gasteiger partial charge in [0, 0.05) is 6.54 Å². The number of hydrogen-bond acceptors (Lipinski definition) is 5. The summed E-state index contributed by atoms with van der Waals surface area (Å²) < 4.78 is 10.8. The molecule has 0 aliphatic carbocycles. The summed E-state index contributed by atoms with van der Waals surface area (Å²) in [6.45, 7) is 7.67. The summed E-state index contributed by atoms with van der Waals surface area (Å²) >= 11 is 0. The minimum absolute atomic E-state index is 0.133. The van der Waals surface area contributed by atoms with E-state index in [-0.39, 0.29) is 18.6 Å². The van der Waals surface area contributed by atoms with Gasteiger partial charge in [0.25, 0.3) is 0 Å². The Bertz CT molecular complexity index is 876. The Morgan fingerprint density at radius 2 is 2.07 bits per heavy atom. The van der Waals surface area contributed by atoms with Gasteiger partial charge < -0.3 is 19.3 Å². The van der Waals surface area contributed by atoms with Gasteiger partial charge in [0.2, 0.25) is 18.6 Å². The quantitative estimate of drug-likeness (QED) is 0.763. The maximum atomic E-state index is 13.2. The van der Waals surface area contributed by atoms with E-state index < -0.39 is 23.5 Å². The number of nitrogens with zero attached hydrogens (tertiary/aromatic N) is 3. The Morgan fingerprint density at radius 1 is 1.33 bits per heavy atom. The standard InChI is InChI=1S/C20H21N3O4/c1-4-7-22-12(2)18(24)23-14(19(22)25)9-20(3,10-21)17(23)13-5-6-15-16(8-13)27-11-26-15/h4-6,8,12,14,17H,1,7,9,11H2,2-3H3/t12-,14+,17?,20-/m1/s1. The van der Waals surface area contributed by atoms with Crippen molar-refractivity contribution in [3.8, 4) is 17.6 Å². The van der Waals surface area contributed by atoms with E-state index in [0.717, 1.165) is 5.56 Å². The zero-order chi connectivity index (χ0) is 19.3. The van der Waals surface area contributed by atoms with Crippen molar-refractivity contribution in [2.45, 2.75) is 38.4 Å². The molecule has 0 bridgehead atoms. The number of ether oxygens (including phenoxy) is 2. The smallest absolute Gasteiger partial charge is 0.246 e. The highest BCUT2D eigenvalue weighted by molar-refractivity contribution is 5.98. The van der Waals surface area contributed by atoms with Gasteiger partial charge in [0.15, 0.2) is 11.5 Å². The van der Waals surface area contributed by atoms with Gasteiger partial charge in [-0.15, -0.1) is 6.58 Å². The lowest BCUT2D eigenvalue weighted by Gasteiger charge is -2.43. The van der Waals surface area contributed by atoms with E-state index in [9.17, 15) is 14.9 Å². The average molecular weight is 367 g/mol. The van der Waals surface area contributed by atoms with Crippen LogP contribution in [0.2, 0.25) is 0 Å². The Balaban J connectivity index is 1.79. The summed E-state index contributed by atoms with van der Waals surface area (Å²) in [4.78, 5) is 29.4. The van der Waals surface area contributed by atoms with Gasteiger partial charge in [-0.3, -0.25) is 9.59 Å². The van der Waals surface area contributed by atoms with E-state index >= 15 is 0 Å². The molecule has 0 spiro atoms. The number of carbonyl (C=O) groups excluding carboxylic acids is 2. The van der Waals surface area contributed by atoms with Gasteiger partial charge in [-0.1, -0.05) is 12.1 Å². The molecule has 7 heteroatoms. The van der Waals surface area contributed by atoms with Crippen LogP contribution in [0.25, 0.3) is 0 Å². The van der Waals surface area contributed by atoms with Crippen LogP contribution in [0, 0.1) is 16.7 Å². The third-order valence-electron chi connectivity index (χ3n) is 5.78. The van der Waals surface area contributed by atoms with E-state index in [1.807, 2.05) is 19.1 Å². The molecule has 3 heterocycles. The topological polar surface area (TPSA) is 82.9 Å². The van der Waals surface area contributed by atoms with Crippen molar-refractivity contribution in [1.29, 1.82) is 5.26 Å². The summed E-state index contributed by atoms with van der Waals surface area (Å²) in [6, 6.07) is 6.03. The minimum Gasteiger partial charge on any atom is -0.454 e. The fourth-order valence-electron chi connectivity index (χ4n) is 4.42. The van der Waals surface area contributed by atoms with Gasteiger partial charge >= 0.3 is 0 Å². The van der Waals surface area contributed by atoms with Gasteiger partial charge in [-0.2, -0.15) is 5.26 Å². The Morgan fingerprint density at radius 3 is 2.78 bits per heavy atom. The van der Waals surface area contributed by atoms with Crippen molar-refractivity contribution in [1.82, 2.24) is 9.80 Å². The number of nitriles is 1. The first-order chi connectivity index (χ1) is 12.9. The molecule has 0 N–H and O–H groups in total. The van der Waals surface area contributed by atoms with Crippen LogP contribution in [0.4, 0.5) is 0 Å². The van der Waals surface area contributed by atoms with Crippen LogP contribution in [0.5, 0.6) is 11.5 Å². The predicted molar refractivity (Wildman–Crippen MR) is 95.6 cm³/mol. The van der Waals surface area contributed by atoms with Gasteiger partial charge in [0.1, 0.15) is 12.1 Å². The van der Waals surface area contributed by atoms with E-state index in [4.69, 9.17) is 9.47 Å². The summed E-state index contributed by atoms with van der Waals surface area (Å²) in [5.74, 6) is 0.946. The number of piperazine rings is 1. The maximum absolute atomic E-state index is 13.2. The molecule has 140 valence electrons. The number of rotatable bonds is 3. The van der Waals surface area contributed by atoms with Crippen LogP contribution >= 0.6 is 0 Å². The molecule has 1 unspecified atom stereocenters. The summed E-state index contributed by atoms with van der Waals surface area (Å²) in [5, 5.41) is 9.92. The number of hydrogen-bond donors (Lipinski definition) is 0. The SMILES string of the molecule is C=CCN1C(=O)[C@@H]2C[C@](C)(C#N)C(c3ccc4c(c3)OCO4)N2C(=O)[C@H]1C. The monoisotopic (exact) mass is 367 g/mol. The highest BCUT2D eigenvalue weighted by atomic mass is 16.7. The molecule has 4 atom stereocenters. The Hall–Kier alpha value is -3.01. The second-order valence-electron chi connectivity index (χ2n) is 7.47. The molecule has 3 aliphatic rings. The number of fused-ring (bicyclic) bond motifs is 2. The molecule has 1 aromatic rings. The van der Waals surface area contributed by atoms with Gasteiger partial charge in [-0.25, -0.2) is 0 Å². The lowest BCUT2D eigenvalue weighted by atomic mass is 9.79. The zero-order valence-electron chi connectivity index (χ0n) is 15.3. The van der Waals surface area contributed by atoms with Crippen LogP contribution < -0.4 is 9.47 Å². The highest BCUT2D eigenvalue weighted by Gasteiger charge is 2.59. The van der Waals surface area contributed by atoms with Gasteiger partial charge in [0.05, 0.1) is 17.5 Å². The van der Waals surface area contributed by atoms with E-state index in [1.54, 1.807) is 24.0 Å². The highest BCUT2D eigenvalue weighted by Crippen LogP contribution is 2.52. The zero-order valence-corrected chi connectivity index (χ0v) is 15.3. The molecule has 3 aliphatic heterocycles. The van der Waals surface area contributed by atoms with Crippen LogP contribution in [-0.4, -0.2) is 47.0 Å².